The second-order valence-electron chi connectivity index (χ2n) is 4.74. The van der Waals surface area contributed by atoms with Crippen LogP contribution in [0.25, 0.3) is 0 Å². The van der Waals surface area contributed by atoms with E-state index in [-0.39, 0.29) is 5.78 Å². The van der Waals surface area contributed by atoms with Gasteiger partial charge in [-0.1, -0.05) is 0 Å². The Morgan fingerprint density at radius 1 is 1.50 bits per heavy atom. The van der Waals surface area contributed by atoms with Crippen LogP contribution >= 0.6 is 11.3 Å². The minimum absolute atomic E-state index is 0.130. The smallest absolute Gasteiger partial charge is 0.171 e. The Balaban J connectivity index is 1.90. The Morgan fingerprint density at radius 3 is 2.81 bits per heavy atom. The van der Waals surface area contributed by atoms with Gasteiger partial charge in [0.15, 0.2) is 5.78 Å². The predicted octanol–water partition coefficient (Wildman–Crippen LogP) is 2.69. The number of thiazole rings is 1. The standard InChI is InChI=1S/C12H15NO2S/c1-6-11(7(2)14)16-12(13-6)9-5-8-3-4-10(9)15-8/h8-10H,3-5H2,1-2H3. The van der Waals surface area contributed by atoms with E-state index >= 15 is 0 Å². The minimum atomic E-state index is 0.130. The average molecular weight is 237 g/mol. The Hall–Kier alpha value is -0.740. The molecule has 0 radical (unpaired) electrons. The highest BCUT2D eigenvalue weighted by molar-refractivity contribution is 7.13. The number of rotatable bonds is 2. The lowest BCUT2D eigenvalue weighted by atomic mass is 9.90. The van der Waals surface area contributed by atoms with Crippen molar-refractivity contribution < 1.29 is 9.53 Å². The number of aromatic nitrogens is 1. The third-order valence-corrected chi connectivity index (χ3v) is 4.95. The summed E-state index contributed by atoms with van der Waals surface area (Å²) in [6, 6.07) is 0. The normalized spacial score (nSPS) is 32.2. The summed E-state index contributed by atoms with van der Waals surface area (Å²) in [4.78, 5) is 16.8. The predicted molar refractivity (Wildman–Crippen MR) is 62.1 cm³/mol. The van der Waals surface area contributed by atoms with Crippen LogP contribution in [0.2, 0.25) is 0 Å². The number of carbonyl (C=O) groups is 1. The highest BCUT2D eigenvalue weighted by Crippen LogP contribution is 2.45. The summed E-state index contributed by atoms with van der Waals surface area (Å²) >= 11 is 1.56. The number of aryl methyl sites for hydroxylation is 1. The van der Waals surface area contributed by atoms with Crippen LogP contribution < -0.4 is 0 Å². The summed E-state index contributed by atoms with van der Waals surface area (Å²) < 4.78 is 5.83. The van der Waals surface area contributed by atoms with Crippen molar-refractivity contribution in [3.8, 4) is 0 Å². The maximum Gasteiger partial charge on any atom is 0.171 e. The van der Waals surface area contributed by atoms with E-state index in [9.17, 15) is 4.79 Å². The van der Waals surface area contributed by atoms with Gasteiger partial charge in [-0.05, 0) is 26.2 Å². The first-order chi connectivity index (χ1) is 7.65. The van der Waals surface area contributed by atoms with Gasteiger partial charge < -0.3 is 4.74 Å². The van der Waals surface area contributed by atoms with Gasteiger partial charge in [0.25, 0.3) is 0 Å². The quantitative estimate of drug-likeness (QED) is 0.742. The monoisotopic (exact) mass is 237 g/mol. The third kappa shape index (κ3) is 1.52. The molecule has 86 valence electrons. The SMILES string of the molecule is CC(=O)c1sc(C2CC3CCC2O3)nc1C. The third-order valence-electron chi connectivity index (χ3n) is 3.56. The molecule has 2 bridgehead atoms. The van der Waals surface area contributed by atoms with Crippen molar-refractivity contribution in [1.82, 2.24) is 4.98 Å². The van der Waals surface area contributed by atoms with E-state index < -0.39 is 0 Å². The van der Waals surface area contributed by atoms with E-state index in [0.717, 1.165) is 28.4 Å². The van der Waals surface area contributed by atoms with Crippen LogP contribution in [-0.2, 0) is 4.74 Å². The van der Waals surface area contributed by atoms with E-state index in [4.69, 9.17) is 4.74 Å². The highest BCUT2D eigenvalue weighted by atomic mass is 32.1. The summed E-state index contributed by atoms with van der Waals surface area (Å²) in [7, 11) is 0. The second kappa shape index (κ2) is 3.64. The van der Waals surface area contributed by atoms with E-state index in [1.165, 1.54) is 6.42 Å². The molecule has 0 aliphatic carbocycles. The van der Waals surface area contributed by atoms with Crippen molar-refractivity contribution in [3.63, 3.8) is 0 Å². The van der Waals surface area contributed by atoms with Crippen molar-refractivity contribution in [2.24, 2.45) is 0 Å². The molecule has 3 atom stereocenters. The molecule has 0 spiro atoms. The lowest BCUT2D eigenvalue weighted by molar-refractivity contribution is 0.100. The van der Waals surface area contributed by atoms with Crippen molar-refractivity contribution in [2.75, 3.05) is 0 Å². The lowest BCUT2D eigenvalue weighted by Crippen LogP contribution is -2.13. The fourth-order valence-corrected chi connectivity index (χ4v) is 3.93. The molecular weight excluding hydrogens is 222 g/mol. The molecule has 2 fully saturated rings. The van der Waals surface area contributed by atoms with Crippen LogP contribution in [0.3, 0.4) is 0 Å². The van der Waals surface area contributed by atoms with Crippen LogP contribution in [0.1, 0.15) is 52.5 Å². The van der Waals surface area contributed by atoms with Crippen LogP contribution in [0.15, 0.2) is 0 Å². The first-order valence-electron chi connectivity index (χ1n) is 5.79. The molecule has 3 nitrogen and oxygen atoms in total. The number of hydrogen-bond acceptors (Lipinski definition) is 4. The number of hydrogen-bond donors (Lipinski definition) is 0. The van der Waals surface area contributed by atoms with Gasteiger partial charge in [0.2, 0.25) is 0 Å². The lowest BCUT2D eigenvalue weighted by Gasteiger charge is -2.15. The zero-order valence-corrected chi connectivity index (χ0v) is 10.3. The van der Waals surface area contributed by atoms with E-state index in [1.54, 1.807) is 18.3 Å². The number of Topliss-reactive ketones (excluding diaryl/α,β-unsaturated/α-hetero) is 1. The first kappa shape index (κ1) is 10.4. The van der Waals surface area contributed by atoms with Crippen LogP contribution in [-0.4, -0.2) is 23.0 Å². The summed E-state index contributed by atoms with van der Waals surface area (Å²) in [5.41, 5.74) is 0.885. The molecular formula is C12H15NO2S. The molecule has 4 heteroatoms. The van der Waals surface area contributed by atoms with E-state index in [2.05, 4.69) is 4.98 Å². The fourth-order valence-electron chi connectivity index (χ4n) is 2.80. The zero-order chi connectivity index (χ0) is 11.3. The molecule has 3 rings (SSSR count). The number of carbonyl (C=O) groups excluding carboxylic acids is 1. The van der Waals surface area contributed by atoms with Crippen molar-refractivity contribution >= 4 is 17.1 Å². The summed E-state index contributed by atoms with van der Waals surface area (Å²) in [5, 5.41) is 1.11. The Bertz CT molecular complexity index is 440. The summed E-state index contributed by atoms with van der Waals surface area (Å²) in [6.45, 7) is 3.53. The topological polar surface area (TPSA) is 39.2 Å². The van der Waals surface area contributed by atoms with Gasteiger partial charge >= 0.3 is 0 Å². The van der Waals surface area contributed by atoms with Gasteiger partial charge in [-0.3, -0.25) is 4.79 Å². The van der Waals surface area contributed by atoms with E-state index in [1.807, 2.05) is 6.92 Å². The molecule has 2 aliphatic rings. The van der Waals surface area contributed by atoms with Gasteiger partial charge in [-0.15, -0.1) is 11.3 Å². The molecule has 0 N–H and O–H groups in total. The largest absolute Gasteiger partial charge is 0.374 e. The second-order valence-corrected chi connectivity index (χ2v) is 5.77. The van der Waals surface area contributed by atoms with Gasteiger partial charge in [0, 0.05) is 12.8 Å². The van der Waals surface area contributed by atoms with Gasteiger partial charge in [-0.2, -0.15) is 0 Å². The van der Waals surface area contributed by atoms with Crippen LogP contribution in [0, 0.1) is 6.92 Å². The average Bonchev–Trinajstić information content (AvgIpc) is 2.89. The Morgan fingerprint density at radius 2 is 2.31 bits per heavy atom. The van der Waals surface area contributed by atoms with Crippen LogP contribution in [0.5, 0.6) is 0 Å². The zero-order valence-electron chi connectivity index (χ0n) is 9.53. The van der Waals surface area contributed by atoms with E-state index in [0.29, 0.717) is 18.1 Å². The Labute approximate surface area is 98.8 Å². The number of fused-ring (bicyclic) bond motifs is 2. The molecule has 0 aromatic carbocycles. The van der Waals surface area contributed by atoms with Gasteiger partial charge in [-0.25, -0.2) is 4.98 Å². The minimum Gasteiger partial charge on any atom is -0.374 e. The number of ether oxygens (including phenoxy) is 1. The van der Waals surface area contributed by atoms with Gasteiger partial charge in [0.1, 0.15) is 0 Å². The van der Waals surface area contributed by atoms with Crippen molar-refractivity contribution in [1.29, 1.82) is 0 Å². The van der Waals surface area contributed by atoms with Crippen molar-refractivity contribution in [3.05, 3.63) is 15.6 Å². The molecule has 16 heavy (non-hydrogen) atoms. The number of nitrogens with zero attached hydrogens (tertiary/aromatic N) is 1. The first-order valence-corrected chi connectivity index (χ1v) is 6.60. The molecule has 2 aliphatic heterocycles. The Kier molecular flexibility index (Phi) is 2.37. The maximum atomic E-state index is 11.4. The van der Waals surface area contributed by atoms with Crippen LogP contribution in [0.4, 0.5) is 0 Å². The molecule has 2 saturated heterocycles. The summed E-state index contributed by atoms with van der Waals surface area (Å²) in [5.74, 6) is 0.570. The molecule has 0 amide bonds. The molecule has 3 unspecified atom stereocenters. The summed E-state index contributed by atoms with van der Waals surface area (Å²) in [6.07, 6.45) is 4.25. The maximum absolute atomic E-state index is 11.4. The molecule has 3 heterocycles. The number of ketones is 1. The molecule has 1 aromatic rings. The van der Waals surface area contributed by atoms with Crippen molar-refractivity contribution in [2.45, 2.75) is 51.2 Å². The molecule has 0 saturated carbocycles. The highest BCUT2D eigenvalue weighted by Gasteiger charge is 2.43. The molecule has 1 aromatic heterocycles. The van der Waals surface area contributed by atoms with Gasteiger partial charge in [0.05, 0.1) is 27.8 Å². The fraction of sp³-hybridized carbons (Fsp3) is 0.667.